The molecular weight excluding hydrogens is 280 g/mol. The van der Waals surface area contributed by atoms with Crippen molar-refractivity contribution in [2.45, 2.75) is 70.7 Å². The normalized spacial score (nSPS) is 59.6. The number of fused-ring (bicyclic) bond motifs is 1. The Bertz CT molecular complexity index is 527. The second kappa shape index (κ2) is 4.07. The first kappa shape index (κ1) is 14.9. The molecule has 124 valence electrons. The van der Waals surface area contributed by atoms with Gasteiger partial charge in [-0.1, -0.05) is 20.8 Å². The molecule has 1 heterocycles. The molecule has 8 atom stereocenters. The SMILES string of the molecule is CC(C)[C@@H]1CC[C@@H](C)[C@]23C[C@@H]4C[C@H]2C(=O)O[C@@]3([C@@H]1O)[C@]4(C)O. The fraction of sp³-hybridized carbons (Fsp3) is 0.944. The van der Waals surface area contributed by atoms with Gasteiger partial charge in [0.2, 0.25) is 0 Å². The van der Waals surface area contributed by atoms with E-state index in [1.165, 1.54) is 0 Å². The van der Waals surface area contributed by atoms with Crippen LogP contribution in [0.2, 0.25) is 0 Å². The van der Waals surface area contributed by atoms with E-state index in [-0.39, 0.29) is 29.1 Å². The van der Waals surface area contributed by atoms with Gasteiger partial charge in [0, 0.05) is 5.41 Å². The minimum atomic E-state index is -1.12. The third-order valence-electron chi connectivity index (χ3n) is 8.00. The van der Waals surface area contributed by atoms with Crippen LogP contribution in [0.1, 0.15) is 53.4 Å². The maximum Gasteiger partial charge on any atom is 0.310 e. The topological polar surface area (TPSA) is 66.8 Å². The fourth-order valence-corrected chi connectivity index (χ4v) is 6.88. The molecule has 4 nitrogen and oxygen atoms in total. The Morgan fingerprint density at radius 3 is 2.64 bits per heavy atom. The molecule has 0 aromatic heterocycles. The summed E-state index contributed by atoms with van der Waals surface area (Å²) in [7, 11) is 0. The molecule has 1 aliphatic heterocycles. The molecule has 1 saturated heterocycles. The summed E-state index contributed by atoms with van der Waals surface area (Å²) in [6.45, 7) is 8.22. The smallest absolute Gasteiger partial charge is 0.310 e. The second-order valence-corrected chi connectivity index (χ2v) is 8.87. The van der Waals surface area contributed by atoms with Crippen molar-refractivity contribution in [3.05, 3.63) is 0 Å². The standard InChI is InChI=1S/C18H28O4/c1-9(2)12-6-5-10(3)17-8-11-7-13(17)15(20)22-18(17,14(12)19)16(11,4)21/h9-14,19,21H,5-8H2,1-4H3/t10-,11+,12+,13+,14-,16-,17-,18+/m1/s1. The van der Waals surface area contributed by atoms with Crippen molar-refractivity contribution in [2.24, 2.45) is 35.0 Å². The van der Waals surface area contributed by atoms with Crippen molar-refractivity contribution in [3.8, 4) is 0 Å². The van der Waals surface area contributed by atoms with Crippen LogP contribution in [0.5, 0.6) is 0 Å². The van der Waals surface area contributed by atoms with Crippen molar-refractivity contribution in [1.82, 2.24) is 0 Å². The van der Waals surface area contributed by atoms with E-state index in [0.29, 0.717) is 11.8 Å². The first-order chi connectivity index (χ1) is 10.2. The van der Waals surface area contributed by atoms with Gasteiger partial charge in [0.15, 0.2) is 5.60 Å². The van der Waals surface area contributed by atoms with Gasteiger partial charge < -0.3 is 14.9 Å². The third kappa shape index (κ3) is 1.25. The van der Waals surface area contributed by atoms with Gasteiger partial charge in [-0.2, -0.15) is 0 Å². The number of ether oxygens (including phenoxy) is 1. The average Bonchev–Trinajstić information content (AvgIpc) is 2.95. The number of hydrogen-bond acceptors (Lipinski definition) is 4. The molecule has 0 amide bonds. The molecule has 0 aromatic rings. The van der Waals surface area contributed by atoms with E-state index in [1.807, 2.05) is 0 Å². The van der Waals surface area contributed by atoms with Crippen LogP contribution < -0.4 is 0 Å². The zero-order valence-electron chi connectivity index (χ0n) is 14.0. The summed E-state index contributed by atoms with van der Waals surface area (Å²) in [4.78, 5) is 12.6. The molecule has 4 fully saturated rings. The molecule has 4 heteroatoms. The van der Waals surface area contributed by atoms with Crippen molar-refractivity contribution in [2.75, 3.05) is 0 Å². The van der Waals surface area contributed by atoms with Crippen LogP contribution in [0.15, 0.2) is 0 Å². The Labute approximate surface area is 132 Å². The lowest BCUT2D eigenvalue weighted by Gasteiger charge is -2.53. The predicted octanol–water partition coefficient (Wildman–Crippen LogP) is 2.12. The lowest BCUT2D eigenvalue weighted by molar-refractivity contribution is -0.244. The van der Waals surface area contributed by atoms with Gasteiger partial charge in [-0.05, 0) is 56.3 Å². The van der Waals surface area contributed by atoms with Crippen LogP contribution in [-0.4, -0.2) is 33.5 Å². The molecule has 0 unspecified atom stereocenters. The molecule has 22 heavy (non-hydrogen) atoms. The maximum absolute atomic E-state index is 12.6. The summed E-state index contributed by atoms with van der Waals surface area (Å²) in [6, 6.07) is 0. The zero-order chi connectivity index (χ0) is 16.1. The van der Waals surface area contributed by atoms with Gasteiger partial charge in [-0.15, -0.1) is 0 Å². The van der Waals surface area contributed by atoms with Crippen LogP contribution >= 0.6 is 0 Å². The van der Waals surface area contributed by atoms with E-state index in [1.54, 1.807) is 6.92 Å². The quantitative estimate of drug-likeness (QED) is 0.728. The highest BCUT2D eigenvalue weighted by molar-refractivity contribution is 5.80. The Kier molecular flexibility index (Phi) is 2.77. The van der Waals surface area contributed by atoms with Crippen LogP contribution in [0.25, 0.3) is 0 Å². The minimum Gasteiger partial charge on any atom is -0.452 e. The van der Waals surface area contributed by atoms with Crippen molar-refractivity contribution >= 4 is 5.97 Å². The lowest BCUT2D eigenvalue weighted by Crippen LogP contribution is -2.68. The van der Waals surface area contributed by atoms with Gasteiger partial charge in [0.05, 0.1) is 5.92 Å². The van der Waals surface area contributed by atoms with Crippen molar-refractivity contribution < 1.29 is 19.7 Å². The third-order valence-corrected chi connectivity index (χ3v) is 8.00. The van der Waals surface area contributed by atoms with Gasteiger partial charge in [0.1, 0.15) is 11.7 Å². The summed E-state index contributed by atoms with van der Waals surface area (Å²) in [5, 5.41) is 22.7. The van der Waals surface area contributed by atoms with Crippen LogP contribution in [0.3, 0.4) is 0 Å². The Balaban J connectivity index is 1.96. The molecule has 3 aliphatic carbocycles. The number of aliphatic hydroxyl groups is 2. The number of aliphatic hydroxyl groups excluding tert-OH is 1. The van der Waals surface area contributed by atoms with Gasteiger partial charge in [-0.3, -0.25) is 4.79 Å². The first-order valence-corrected chi connectivity index (χ1v) is 8.83. The molecule has 1 spiro atoms. The molecule has 2 N–H and O–H groups in total. The Hall–Kier alpha value is -0.610. The Morgan fingerprint density at radius 1 is 1.32 bits per heavy atom. The highest BCUT2D eigenvalue weighted by atomic mass is 16.6. The summed E-state index contributed by atoms with van der Waals surface area (Å²) in [5.41, 5.74) is -2.60. The molecule has 4 rings (SSSR count). The van der Waals surface area contributed by atoms with E-state index in [9.17, 15) is 15.0 Å². The number of carbonyl (C=O) groups is 1. The van der Waals surface area contributed by atoms with Gasteiger partial charge >= 0.3 is 5.97 Å². The predicted molar refractivity (Wildman–Crippen MR) is 80.8 cm³/mol. The zero-order valence-corrected chi connectivity index (χ0v) is 14.0. The molecule has 4 aliphatic rings. The molecule has 0 aromatic carbocycles. The Morgan fingerprint density at radius 2 is 2.00 bits per heavy atom. The monoisotopic (exact) mass is 308 g/mol. The highest BCUT2D eigenvalue weighted by Gasteiger charge is 2.87. The molecule has 0 radical (unpaired) electrons. The van der Waals surface area contributed by atoms with E-state index in [4.69, 9.17) is 4.74 Å². The van der Waals surface area contributed by atoms with Crippen LogP contribution in [0, 0.1) is 35.0 Å². The summed E-state index contributed by atoms with van der Waals surface area (Å²) >= 11 is 0. The van der Waals surface area contributed by atoms with Crippen LogP contribution in [0.4, 0.5) is 0 Å². The van der Waals surface area contributed by atoms with Crippen LogP contribution in [-0.2, 0) is 9.53 Å². The number of hydrogen-bond donors (Lipinski definition) is 2. The van der Waals surface area contributed by atoms with Crippen molar-refractivity contribution in [3.63, 3.8) is 0 Å². The first-order valence-electron chi connectivity index (χ1n) is 8.83. The van der Waals surface area contributed by atoms with Gasteiger partial charge in [-0.25, -0.2) is 0 Å². The molecule has 3 saturated carbocycles. The fourth-order valence-electron chi connectivity index (χ4n) is 6.88. The van der Waals surface area contributed by atoms with E-state index in [0.717, 1.165) is 25.7 Å². The van der Waals surface area contributed by atoms with E-state index >= 15 is 0 Å². The number of rotatable bonds is 1. The van der Waals surface area contributed by atoms with Gasteiger partial charge in [0.25, 0.3) is 0 Å². The molecule has 2 bridgehead atoms. The summed E-state index contributed by atoms with van der Waals surface area (Å²) in [5.74, 6) is 0.413. The largest absolute Gasteiger partial charge is 0.452 e. The van der Waals surface area contributed by atoms with E-state index < -0.39 is 17.3 Å². The average molecular weight is 308 g/mol. The second-order valence-electron chi connectivity index (χ2n) is 8.87. The maximum atomic E-state index is 12.6. The summed E-state index contributed by atoms with van der Waals surface area (Å²) < 4.78 is 5.94. The minimum absolute atomic E-state index is 0.0620. The van der Waals surface area contributed by atoms with E-state index in [2.05, 4.69) is 20.8 Å². The summed E-state index contributed by atoms with van der Waals surface area (Å²) in [6.07, 6.45) is 2.70. The highest BCUT2D eigenvalue weighted by Crippen LogP contribution is 2.77. The van der Waals surface area contributed by atoms with Crippen molar-refractivity contribution in [1.29, 1.82) is 0 Å². The number of esters is 1. The molecular formula is C18H28O4. The lowest BCUT2D eigenvalue weighted by atomic mass is 9.55. The number of carbonyl (C=O) groups excluding carboxylic acids is 1.